The van der Waals surface area contributed by atoms with E-state index >= 15 is 0 Å². The Hall–Kier alpha value is -4.29. The summed E-state index contributed by atoms with van der Waals surface area (Å²) in [5, 5.41) is 6.12. The predicted molar refractivity (Wildman–Crippen MR) is 163 cm³/mol. The second-order valence-corrected chi connectivity index (χ2v) is 12.5. The SMILES string of the molecule is COc1ccc([C@H](Nc2cc(C(N)=O)ccc2Cl)C(=O)N2CCC[C@@H]2c2cc(NC(C)=O)ccc2S(C)(=O)=O)cc1OC. The number of amides is 3. The zero-order chi connectivity index (χ0) is 31.5. The third kappa shape index (κ3) is 7.03. The minimum absolute atomic E-state index is 0.0686. The molecular weight excluding hydrogens is 596 g/mol. The zero-order valence-corrected chi connectivity index (χ0v) is 25.7. The van der Waals surface area contributed by atoms with E-state index in [0.717, 1.165) is 6.26 Å². The molecule has 3 aromatic rings. The molecule has 0 spiro atoms. The maximum absolute atomic E-state index is 14.5. The fourth-order valence-electron chi connectivity index (χ4n) is 5.21. The van der Waals surface area contributed by atoms with Gasteiger partial charge >= 0.3 is 0 Å². The van der Waals surface area contributed by atoms with Gasteiger partial charge in [-0.3, -0.25) is 14.4 Å². The molecule has 4 rings (SSSR count). The van der Waals surface area contributed by atoms with Crippen LogP contribution >= 0.6 is 11.6 Å². The van der Waals surface area contributed by atoms with Crippen LogP contribution in [0.4, 0.5) is 11.4 Å². The molecule has 228 valence electrons. The quantitative estimate of drug-likeness (QED) is 0.299. The fourth-order valence-corrected chi connectivity index (χ4v) is 6.32. The summed E-state index contributed by atoms with van der Waals surface area (Å²) in [5.41, 5.74) is 7.30. The maximum Gasteiger partial charge on any atom is 0.250 e. The van der Waals surface area contributed by atoms with Gasteiger partial charge in [0.15, 0.2) is 21.3 Å². The average Bonchev–Trinajstić information content (AvgIpc) is 3.45. The van der Waals surface area contributed by atoms with Gasteiger partial charge in [0.25, 0.3) is 0 Å². The van der Waals surface area contributed by atoms with Crippen molar-refractivity contribution >= 4 is 50.5 Å². The van der Waals surface area contributed by atoms with E-state index in [1.54, 1.807) is 29.2 Å². The van der Waals surface area contributed by atoms with Crippen LogP contribution in [0.5, 0.6) is 11.5 Å². The summed E-state index contributed by atoms with van der Waals surface area (Å²) in [6.07, 6.45) is 2.21. The Morgan fingerprint density at radius 3 is 2.37 bits per heavy atom. The van der Waals surface area contributed by atoms with Crippen LogP contribution in [0.25, 0.3) is 0 Å². The summed E-state index contributed by atoms with van der Waals surface area (Å²) in [5.74, 6) is -0.514. The summed E-state index contributed by atoms with van der Waals surface area (Å²) in [4.78, 5) is 39.8. The topological polar surface area (TPSA) is 157 Å². The largest absolute Gasteiger partial charge is 0.493 e. The molecule has 0 aliphatic carbocycles. The number of likely N-dealkylation sites (tertiary alicyclic amines) is 1. The number of primary amides is 1. The highest BCUT2D eigenvalue weighted by atomic mass is 35.5. The number of ether oxygens (including phenoxy) is 2. The number of benzene rings is 3. The summed E-state index contributed by atoms with van der Waals surface area (Å²) < 4.78 is 36.4. The Labute approximate surface area is 255 Å². The van der Waals surface area contributed by atoms with E-state index in [2.05, 4.69) is 10.6 Å². The zero-order valence-electron chi connectivity index (χ0n) is 24.1. The number of nitrogens with two attached hydrogens (primary N) is 1. The van der Waals surface area contributed by atoms with E-state index in [-0.39, 0.29) is 27.3 Å². The van der Waals surface area contributed by atoms with Crippen LogP contribution in [-0.4, -0.2) is 58.1 Å². The second kappa shape index (κ2) is 12.9. The highest BCUT2D eigenvalue weighted by Crippen LogP contribution is 2.40. The minimum Gasteiger partial charge on any atom is -0.493 e. The van der Waals surface area contributed by atoms with Crippen molar-refractivity contribution in [3.05, 3.63) is 76.3 Å². The summed E-state index contributed by atoms with van der Waals surface area (Å²) in [7, 11) is -0.706. The van der Waals surface area contributed by atoms with Crippen molar-refractivity contribution in [3.8, 4) is 11.5 Å². The minimum atomic E-state index is -3.68. The van der Waals surface area contributed by atoms with Crippen molar-refractivity contribution in [2.45, 2.75) is 36.7 Å². The van der Waals surface area contributed by atoms with Crippen LogP contribution in [0.3, 0.4) is 0 Å². The third-order valence-electron chi connectivity index (χ3n) is 7.16. The van der Waals surface area contributed by atoms with Crippen molar-refractivity contribution in [1.29, 1.82) is 0 Å². The van der Waals surface area contributed by atoms with E-state index in [1.807, 2.05) is 0 Å². The lowest BCUT2D eigenvalue weighted by Crippen LogP contribution is -2.38. The number of hydrogen-bond acceptors (Lipinski definition) is 8. The summed E-state index contributed by atoms with van der Waals surface area (Å²) in [6, 6.07) is 12.4. The number of anilines is 2. The fraction of sp³-hybridized carbons (Fsp3) is 0.300. The van der Waals surface area contributed by atoms with E-state index < -0.39 is 27.8 Å². The van der Waals surface area contributed by atoms with Gasteiger partial charge in [-0.05, 0) is 72.5 Å². The van der Waals surface area contributed by atoms with Gasteiger partial charge in [-0.15, -0.1) is 0 Å². The first-order valence-electron chi connectivity index (χ1n) is 13.3. The Balaban J connectivity index is 1.83. The number of nitrogens with one attached hydrogen (secondary N) is 2. The predicted octanol–water partition coefficient (Wildman–Crippen LogP) is 4.33. The van der Waals surface area contributed by atoms with Gasteiger partial charge < -0.3 is 30.7 Å². The molecule has 2 atom stereocenters. The summed E-state index contributed by atoms with van der Waals surface area (Å²) >= 11 is 6.47. The molecule has 1 saturated heterocycles. The Morgan fingerprint density at radius 2 is 1.74 bits per heavy atom. The van der Waals surface area contributed by atoms with Crippen LogP contribution < -0.4 is 25.8 Å². The summed E-state index contributed by atoms with van der Waals surface area (Å²) in [6.45, 7) is 1.70. The molecule has 0 saturated carbocycles. The highest BCUT2D eigenvalue weighted by Gasteiger charge is 2.37. The van der Waals surface area contributed by atoms with Gasteiger partial charge in [-0.2, -0.15) is 0 Å². The number of nitrogens with zero attached hydrogens (tertiary/aromatic N) is 1. The van der Waals surface area contributed by atoms with E-state index in [9.17, 15) is 22.8 Å². The average molecular weight is 629 g/mol. The van der Waals surface area contributed by atoms with E-state index in [0.29, 0.717) is 53.4 Å². The highest BCUT2D eigenvalue weighted by molar-refractivity contribution is 7.90. The van der Waals surface area contributed by atoms with Gasteiger partial charge in [0.2, 0.25) is 17.7 Å². The maximum atomic E-state index is 14.5. The lowest BCUT2D eigenvalue weighted by Gasteiger charge is -2.31. The number of halogens is 1. The first kappa shape index (κ1) is 31.6. The lowest BCUT2D eigenvalue weighted by atomic mass is 10.0. The lowest BCUT2D eigenvalue weighted by molar-refractivity contribution is -0.133. The van der Waals surface area contributed by atoms with Gasteiger partial charge in [0, 0.05) is 31.0 Å². The number of hydrogen-bond donors (Lipinski definition) is 3. The van der Waals surface area contributed by atoms with Crippen LogP contribution in [0.15, 0.2) is 59.5 Å². The van der Waals surface area contributed by atoms with Crippen molar-refractivity contribution in [3.63, 3.8) is 0 Å². The molecule has 1 fully saturated rings. The Bertz CT molecular complexity index is 1680. The van der Waals surface area contributed by atoms with E-state index in [4.69, 9.17) is 26.8 Å². The Morgan fingerprint density at radius 1 is 1.02 bits per heavy atom. The monoisotopic (exact) mass is 628 g/mol. The van der Waals surface area contributed by atoms with Crippen molar-refractivity contribution in [1.82, 2.24) is 4.90 Å². The molecule has 3 amide bonds. The molecule has 1 aliphatic heterocycles. The first-order chi connectivity index (χ1) is 20.3. The number of carbonyl (C=O) groups is 3. The van der Waals surface area contributed by atoms with Gasteiger partial charge in [-0.1, -0.05) is 17.7 Å². The molecule has 0 unspecified atom stereocenters. The normalized spacial score (nSPS) is 15.5. The molecule has 0 bridgehead atoms. The molecule has 0 radical (unpaired) electrons. The number of methoxy groups -OCH3 is 2. The van der Waals surface area contributed by atoms with Gasteiger partial charge in [0.05, 0.1) is 35.9 Å². The molecule has 4 N–H and O–H groups in total. The van der Waals surface area contributed by atoms with Crippen LogP contribution in [0.1, 0.15) is 53.3 Å². The molecule has 1 aliphatic rings. The van der Waals surface area contributed by atoms with Crippen LogP contribution in [0.2, 0.25) is 5.02 Å². The molecule has 13 heteroatoms. The number of carbonyl (C=O) groups excluding carboxylic acids is 3. The number of sulfone groups is 1. The number of rotatable bonds is 10. The molecule has 3 aromatic carbocycles. The molecule has 1 heterocycles. The molecule has 43 heavy (non-hydrogen) atoms. The van der Waals surface area contributed by atoms with Gasteiger partial charge in [-0.25, -0.2) is 8.42 Å². The van der Waals surface area contributed by atoms with Crippen LogP contribution in [0, 0.1) is 0 Å². The standard InChI is InChI=1S/C30H33ClN4O7S/c1-17(36)33-20-9-12-27(43(4,39)40)21(16-20)24-6-5-13-35(24)30(38)28(18-8-11-25(41-2)26(15-18)42-3)34-23-14-19(29(32)37)7-10-22(23)31/h7-12,14-16,24,28,34H,5-6,13H2,1-4H3,(H2,32,37)(H,33,36)/t24-,28+/m1/s1. The van der Waals surface area contributed by atoms with Gasteiger partial charge in [0.1, 0.15) is 6.04 Å². The molecular formula is C30H33ClN4O7S. The van der Waals surface area contributed by atoms with Crippen molar-refractivity contribution < 1.29 is 32.3 Å². The third-order valence-corrected chi connectivity index (χ3v) is 8.66. The van der Waals surface area contributed by atoms with Crippen molar-refractivity contribution in [2.24, 2.45) is 5.73 Å². The molecule has 11 nitrogen and oxygen atoms in total. The van der Waals surface area contributed by atoms with Crippen molar-refractivity contribution in [2.75, 3.05) is 37.7 Å². The first-order valence-corrected chi connectivity index (χ1v) is 15.6. The van der Waals surface area contributed by atoms with E-state index in [1.165, 1.54) is 51.5 Å². The Kier molecular flexibility index (Phi) is 9.51. The van der Waals surface area contributed by atoms with Crippen LogP contribution in [-0.2, 0) is 19.4 Å². The smallest absolute Gasteiger partial charge is 0.250 e. The second-order valence-electron chi connectivity index (χ2n) is 10.1. The molecule has 0 aromatic heterocycles.